The quantitative estimate of drug-likeness (QED) is 0.650. The third kappa shape index (κ3) is 3.33. The fourth-order valence-corrected chi connectivity index (χ4v) is 2.72. The summed E-state index contributed by atoms with van der Waals surface area (Å²) in [6, 6.07) is 12.0. The number of benzene rings is 2. The second-order valence-corrected chi connectivity index (χ2v) is 5.78. The molecule has 2 nitrogen and oxygen atoms in total. The van der Waals surface area contributed by atoms with Gasteiger partial charge in [-0.2, -0.15) is 0 Å². The van der Waals surface area contributed by atoms with Crippen LogP contribution in [0.3, 0.4) is 0 Å². The van der Waals surface area contributed by atoms with Gasteiger partial charge in [0, 0.05) is 0 Å². The highest BCUT2D eigenvalue weighted by Crippen LogP contribution is 2.30. The number of hydrogen-bond donors (Lipinski definition) is 2. The molecule has 106 valence electrons. The molecule has 0 aliphatic carbocycles. The Morgan fingerprint density at radius 3 is 2.60 bits per heavy atom. The second kappa shape index (κ2) is 6.59. The van der Waals surface area contributed by atoms with E-state index in [4.69, 9.17) is 29.0 Å². The van der Waals surface area contributed by atoms with E-state index in [0.717, 1.165) is 5.56 Å². The zero-order valence-electron chi connectivity index (χ0n) is 11.6. The summed E-state index contributed by atoms with van der Waals surface area (Å²) in [6.07, 6.45) is 0.695. The molecular formula is C16H18Cl2N2. The number of halogens is 2. The van der Waals surface area contributed by atoms with E-state index >= 15 is 0 Å². The van der Waals surface area contributed by atoms with Crippen LogP contribution in [0.5, 0.6) is 0 Å². The molecule has 3 N–H and O–H groups in total. The molecule has 0 aliphatic heterocycles. The van der Waals surface area contributed by atoms with Crippen molar-refractivity contribution in [2.75, 3.05) is 0 Å². The molecule has 20 heavy (non-hydrogen) atoms. The number of hydrazine groups is 1. The fourth-order valence-electron chi connectivity index (χ4n) is 2.32. The third-order valence-electron chi connectivity index (χ3n) is 3.47. The smallest absolute Gasteiger partial charge is 0.0624 e. The van der Waals surface area contributed by atoms with E-state index in [0.29, 0.717) is 16.5 Å². The van der Waals surface area contributed by atoms with Crippen LogP contribution in [0.1, 0.15) is 28.3 Å². The minimum absolute atomic E-state index is 0.00543. The van der Waals surface area contributed by atoms with Crippen LogP contribution in [0, 0.1) is 13.8 Å². The topological polar surface area (TPSA) is 38.0 Å². The van der Waals surface area contributed by atoms with Gasteiger partial charge in [-0.1, -0.05) is 59.1 Å². The first-order valence-electron chi connectivity index (χ1n) is 6.49. The monoisotopic (exact) mass is 308 g/mol. The zero-order valence-corrected chi connectivity index (χ0v) is 13.1. The standard InChI is InChI=1S/C16H18Cl2N2/c1-10-6-7-11(2)13(8-10)15(20-19)9-12-4-3-5-14(17)16(12)18/h3-8,15,20H,9,19H2,1-2H3. The van der Waals surface area contributed by atoms with Crippen molar-refractivity contribution in [1.82, 2.24) is 5.43 Å². The molecule has 4 heteroatoms. The van der Waals surface area contributed by atoms with Gasteiger partial charge >= 0.3 is 0 Å². The van der Waals surface area contributed by atoms with Gasteiger partial charge in [-0.15, -0.1) is 0 Å². The van der Waals surface area contributed by atoms with Crippen LogP contribution in [0.2, 0.25) is 10.0 Å². The summed E-state index contributed by atoms with van der Waals surface area (Å²) in [6.45, 7) is 4.15. The summed E-state index contributed by atoms with van der Waals surface area (Å²) in [4.78, 5) is 0. The van der Waals surface area contributed by atoms with Crippen LogP contribution in [-0.4, -0.2) is 0 Å². The highest BCUT2D eigenvalue weighted by molar-refractivity contribution is 6.42. The van der Waals surface area contributed by atoms with Crippen LogP contribution >= 0.6 is 23.2 Å². The number of nitrogens with two attached hydrogens (primary N) is 1. The van der Waals surface area contributed by atoms with Crippen molar-refractivity contribution in [2.24, 2.45) is 5.84 Å². The normalized spacial score (nSPS) is 12.4. The molecule has 0 radical (unpaired) electrons. The van der Waals surface area contributed by atoms with Crippen LogP contribution in [-0.2, 0) is 6.42 Å². The molecule has 2 aromatic rings. The minimum atomic E-state index is 0.00543. The Kier molecular flexibility index (Phi) is 5.06. The van der Waals surface area contributed by atoms with Crippen LogP contribution < -0.4 is 11.3 Å². The summed E-state index contributed by atoms with van der Waals surface area (Å²) < 4.78 is 0. The number of aryl methyl sites for hydroxylation is 2. The molecule has 0 bridgehead atoms. The van der Waals surface area contributed by atoms with Gasteiger partial charge in [-0.3, -0.25) is 11.3 Å². The lowest BCUT2D eigenvalue weighted by Crippen LogP contribution is -2.30. The molecule has 1 unspecified atom stereocenters. The van der Waals surface area contributed by atoms with Gasteiger partial charge in [-0.05, 0) is 43.0 Å². The van der Waals surface area contributed by atoms with Crippen molar-refractivity contribution in [1.29, 1.82) is 0 Å². The van der Waals surface area contributed by atoms with Gasteiger partial charge in [0.15, 0.2) is 0 Å². The predicted octanol–water partition coefficient (Wildman–Crippen LogP) is 4.36. The molecule has 2 rings (SSSR count). The molecule has 0 saturated carbocycles. The van der Waals surface area contributed by atoms with E-state index in [9.17, 15) is 0 Å². The first kappa shape index (κ1) is 15.3. The molecular weight excluding hydrogens is 291 g/mol. The highest BCUT2D eigenvalue weighted by Gasteiger charge is 2.15. The van der Waals surface area contributed by atoms with Gasteiger partial charge in [0.05, 0.1) is 16.1 Å². The maximum absolute atomic E-state index is 6.25. The average Bonchev–Trinajstić information content (AvgIpc) is 2.43. The average molecular weight is 309 g/mol. The van der Waals surface area contributed by atoms with Gasteiger partial charge in [0.25, 0.3) is 0 Å². The molecule has 0 aliphatic rings. The van der Waals surface area contributed by atoms with Crippen molar-refractivity contribution in [2.45, 2.75) is 26.3 Å². The largest absolute Gasteiger partial charge is 0.271 e. The van der Waals surface area contributed by atoms with Crippen molar-refractivity contribution in [3.05, 3.63) is 68.7 Å². The number of nitrogens with one attached hydrogen (secondary N) is 1. The van der Waals surface area contributed by atoms with Crippen molar-refractivity contribution in [3.63, 3.8) is 0 Å². The zero-order chi connectivity index (χ0) is 14.7. The van der Waals surface area contributed by atoms with Gasteiger partial charge in [0.1, 0.15) is 0 Å². The van der Waals surface area contributed by atoms with E-state index in [-0.39, 0.29) is 6.04 Å². The lowest BCUT2D eigenvalue weighted by Gasteiger charge is -2.20. The first-order valence-corrected chi connectivity index (χ1v) is 7.24. The third-order valence-corrected chi connectivity index (χ3v) is 4.32. The van der Waals surface area contributed by atoms with Gasteiger partial charge in [-0.25, -0.2) is 0 Å². The van der Waals surface area contributed by atoms with E-state index in [1.54, 1.807) is 6.07 Å². The molecule has 0 heterocycles. The Hall–Kier alpha value is -1.06. The second-order valence-electron chi connectivity index (χ2n) is 5.00. The molecule has 0 saturated heterocycles. The fraction of sp³-hybridized carbons (Fsp3) is 0.250. The van der Waals surface area contributed by atoms with Gasteiger partial charge in [0.2, 0.25) is 0 Å². The van der Waals surface area contributed by atoms with Crippen LogP contribution in [0.15, 0.2) is 36.4 Å². The maximum Gasteiger partial charge on any atom is 0.0624 e. The molecule has 2 aromatic carbocycles. The summed E-state index contributed by atoms with van der Waals surface area (Å²) in [5.74, 6) is 5.73. The molecule has 0 spiro atoms. The predicted molar refractivity (Wildman–Crippen MR) is 86.1 cm³/mol. The first-order chi connectivity index (χ1) is 9.52. The Labute approximate surface area is 129 Å². The number of rotatable bonds is 4. The van der Waals surface area contributed by atoms with E-state index in [1.165, 1.54) is 16.7 Å². The molecule has 1 atom stereocenters. The van der Waals surface area contributed by atoms with Gasteiger partial charge < -0.3 is 0 Å². The summed E-state index contributed by atoms with van der Waals surface area (Å²) in [5, 5.41) is 1.17. The molecule has 0 aromatic heterocycles. The van der Waals surface area contributed by atoms with Crippen LogP contribution in [0.25, 0.3) is 0 Å². The van der Waals surface area contributed by atoms with E-state index < -0.39 is 0 Å². The Morgan fingerprint density at radius 2 is 1.90 bits per heavy atom. The molecule has 0 amide bonds. The SMILES string of the molecule is Cc1ccc(C)c(C(Cc2cccc(Cl)c2Cl)NN)c1. The highest BCUT2D eigenvalue weighted by atomic mass is 35.5. The summed E-state index contributed by atoms with van der Waals surface area (Å²) in [5.41, 5.74) is 7.47. The Bertz CT molecular complexity index is 611. The van der Waals surface area contributed by atoms with Crippen molar-refractivity contribution >= 4 is 23.2 Å². The van der Waals surface area contributed by atoms with Crippen molar-refractivity contribution < 1.29 is 0 Å². The van der Waals surface area contributed by atoms with Crippen LogP contribution in [0.4, 0.5) is 0 Å². The summed E-state index contributed by atoms with van der Waals surface area (Å²) >= 11 is 12.3. The maximum atomic E-state index is 6.25. The van der Waals surface area contributed by atoms with E-state index in [2.05, 4.69) is 37.5 Å². The molecule has 0 fully saturated rings. The minimum Gasteiger partial charge on any atom is -0.271 e. The number of hydrogen-bond acceptors (Lipinski definition) is 2. The van der Waals surface area contributed by atoms with Crippen molar-refractivity contribution in [3.8, 4) is 0 Å². The van der Waals surface area contributed by atoms with E-state index in [1.807, 2.05) is 12.1 Å². The Balaban J connectivity index is 2.34. The lowest BCUT2D eigenvalue weighted by atomic mass is 9.94. The Morgan fingerprint density at radius 1 is 1.15 bits per heavy atom. The lowest BCUT2D eigenvalue weighted by molar-refractivity contribution is 0.549. The summed E-state index contributed by atoms with van der Waals surface area (Å²) in [7, 11) is 0.